The summed E-state index contributed by atoms with van der Waals surface area (Å²) in [7, 11) is -4.00. The van der Waals surface area contributed by atoms with Crippen LogP contribution in [0.2, 0.25) is 5.02 Å². The Labute approximate surface area is 177 Å². The maximum atomic E-state index is 13.1. The van der Waals surface area contributed by atoms with E-state index in [1.54, 1.807) is 12.1 Å². The first-order chi connectivity index (χ1) is 13.8. The van der Waals surface area contributed by atoms with Crippen molar-refractivity contribution in [2.75, 3.05) is 16.3 Å². The van der Waals surface area contributed by atoms with Gasteiger partial charge >= 0.3 is 0 Å². The highest BCUT2D eigenvalue weighted by atomic mass is 35.5. The summed E-state index contributed by atoms with van der Waals surface area (Å²) in [5, 5.41) is 2.93. The summed E-state index contributed by atoms with van der Waals surface area (Å²) >= 11 is 7.60. The molecule has 0 aliphatic rings. The van der Waals surface area contributed by atoms with Crippen LogP contribution < -0.4 is 10.0 Å². The van der Waals surface area contributed by atoms with Crippen molar-refractivity contribution in [2.24, 2.45) is 0 Å². The normalized spacial score (nSPS) is 11.1. The highest BCUT2D eigenvalue weighted by molar-refractivity contribution is 7.98. The number of hydrogen-bond acceptors (Lipinski definition) is 4. The molecule has 0 saturated carbocycles. The van der Waals surface area contributed by atoms with E-state index in [4.69, 9.17) is 11.6 Å². The van der Waals surface area contributed by atoms with Crippen molar-refractivity contribution in [3.63, 3.8) is 0 Å². The molecule has 0 atom stereocenters. The molecule has 29 heavy (non-hydrogen) atoms. The second kappa shape index (κ2) is 8.86. The Bertz CT molecular complexity index is 1150. The van der Waals surface area contributed by atoms with Crippen LogP contribution in [0.25, 0.3) is 0 Å². The molecule has 3 rings (SSSR count). The summed E-state index contributed by atoms with van der Waals surface area (Å²) in [5.41, 5.74) is 0.914. The Hall–Kier alpha value is -2.55. The minimum absolute atomic E-state index is 0.0433. The van der Waals surface area contributed by atoms with Gasteiger partial charge in [-0.05, 0) is 60.9 Å². The third-order valence-electron chi connectivity index (χ3n) is 3.95. The number of sulfonamides is 1. The maximum Gasteiger partial charge on any atom is 0.261 e. The first kappa shape index (κ1) is 21.2. The van der Waals surface area contributed by atoms with E-state index in [9.17, 15) is 17.6 Å². The number of anilines is 2. The number of carbonyl (C=O) groups is 1. The van der Waals surface area contributed by atoms with Crippen LogP contribution in [-0.2, 0) is 10.0 Å². The average Bonchev–Trinajstić information content (AvgIpc) is 2.70. The summed E-state index contributed by atoms with van der Waals surface area (Å²) in [4.78, 5) is 13.4. The van der Waals surface area contributed by atoms with Gasteiger partial charge in [-0.1, -0.05) is 23.7 Å². The van der Waals surface area contributed by atoms with E-state index in [1.807, 2.05) is 18.4 Å². The van der Waals surface area contributed by atoms with Crippen molar-refractivity contribution in [1.29, 1.82) is 0 Å². The molecule has 3 aromatic carbocycles. The van der Waals surface area contributed by atoms with E-state index >= 15 is 0 Å². The highest BCUT2D eigenvalue weighted by Gasteiger charge is 2.18. The molecule has 0 unspecified atom stereocenters. The minimum atomic E-state index is -4.00. The number of benzene rings is 3. The SMILES string of the molecule is CSc1ccccc1NC(=O)c1ccc(Cl)c(NS(=O)(=O)c2ccc(F)cc2)c1. The number of nitrogens with one attached hydrogen (secondary N) is 2. The lowest BCUT2D eigenvalue weighted by molar-refractivity contribution is 0.102. The van der Waals surface area contributed by atoms with E-state index in [-0.39, 0.29) is 21.2 Å². The lowest BCUT2D eigenvalue weighted by atomic mass is 10.2. The van der Waals surface area contributed by atoms with Gasteiger partial charge in [-0.15, -0.1) is 11.8 Å². The van der Waals surface area contributed by atoms with Gasteiger partial charge in [-0.25, -0.2) is 12.8 Å². The molecule has 0 fully saturated rings. The zero-order valence-corrected chi connectivity index (χ0v) is 17.5. The van der Waals surface area contributed by atoms with Crippen molar-refractivity contribution in [3.05, 3.63) is 83.1 Å². The van der Waals surface area contributed by atoms with Gasteiger partial charge in [0.25, 0.3) is 15.9 Å². The molecule has 3 aromatic rings. The molecule has 0 aliphatic carbocycles. The van der Waals surface area contributed by atoms with Crippen LogP contribution in [0.4, 0.5) is 15.8 Å². The van der Waals surface area contributed by atoms with E-state index in [1.165, 1.54) is 30.0 Å². The third-order valence-corrected chi connectivity index (χ3v) is 6.46. The fraction of sp³-hybridized carbons (Fsp3) is 0.0500. The second-order valence-corrected chi connectivity index (χ2v) is 8.85. The average molecular weight is 451 g/mol. The van der Waals surface area contributed by atoms with E-state index in [0.717, 1.165) is 29.2 Å². The molecular formula is C20H16ClFN2O3S2. The first-order valence-electron chi connectivity index (χ1n) is 8.32. The van der Waals surface area contributed by atoms with Crippen LogP contribution in [-0.4, -0.2) is 20.6 Å². The Balaban J connectivity index is 1.86. The van der Waals surface area contributed by atoms with Crippen molar-refractivity contribution < 1.29 is 17.6 Å². The summed E-state index contributed by atoms with van der Waals surface area (Å²) in [6.07, 6.45) is 1.90. The number of carbonyl (C=O) groups excluding carboxylic acids is 1. The maximum absolute atomic E-state index is 13.1. The number of amides is 1. The van der Waals surface area contributed by atoms with Gasteiger partial charge in [-0.3, -0.25) is 9.52 Å². The molecule has 0 aliphatic heterocycles. The van der Waals surface area contributed by atoms with E-state index in [0.29, 0.717) is 5.69 Å². The van der Waals surface area contributed by atoms with Gasteiger partial charge in [0.05, 0.1) is 21.3 Å². The molecular weight excluding hydrogens is 435 g/mol. The van der Waals surface area contributed by atoms with Crippen molar-refractivity contribution in [2.45, 2.75) is 9.79 Å². The lowest BCUT2D eigenvalue weighted by Gasteiger charge is -2.13. The van der Waals surface area contributed by atoms with Crippen LogP contribution in [0.15, 0.2) is 76.5 Å². The van der Waals surface area contributed by atoms with Crippen LogP contribution >= 0.6 is 23.4 Å². The molecule has 0 bridgehead atoms. The second-order valence-electron chi connectivity index (χ2n) is 5.91. The number of para-hydroxylation sites is 1. The van der Waals surface area contributed by atoms with Gasteiger partial charge in [0, 0.05) is 10.5 Å². The molecule has 0 spiro atoms. The van der Waals surface area contributed by atoms with Crippen molar-refractivity contribution in [1.82, 2.24) is 0 Å². The zero-order chi connectivity index (χ0) is 21.0. The molecule has 1 amide bonds. The monoisotopic (exact) mass is 450 g/mol. The zero-order valence-electron chi connectivity index (χ0n) is 15.1. The Morgan fingerprint density at radius 1 is 1.00 bits per heavy atom. The minimum Gasteiger partial charge on any atom is -0.321 e. The highest BCUT2D eigenvalue weighted by Crippen LogP contribution is 2.28. The van der Waals surface area contributed by atoms with E-state index < -0.39 is 21.7 Å². The van der Waals surface area contributed by atoms with Crippen LogP contribution in [0.3, 0.4) is 0 Å². The quantitative estimate of drug-likeness (QED) is 0.502. The van der Waals surface area contributed by atoms with Crippen LogP contribution in [0.5, 0.6) is 0 Å². The number of hydrogen-bond donors (Lipinski definition) is 2. The standard InChI is InChI=1S/C20H16ClFN2O3S2/c1-28-19-5-3-2-4-17(19)23-20(25)13-6-11-16(21)18(12-13)24-29(26,27)15-9-7-14(22)8-10-15/h2-12,24H,1H3,(H,23,25). The smallest absolute Gasteiger partial charge is 0.261 e. The van der Waals surface area contributed by atoms with Crippen LogP contribution in [0, 0.1) is 5.82 Å². The first-order valence-corrected chi connectivity index (χ1v) is 11.4. The lowest BCUT2D eigenvalue weighted by Crippen LogP contribution is -2.16. The summed E-state index contributed by atoms with van der Waals surface area (Å²) in [6.45, 7) is 0. The van der Waals surface area contributed by atoms with Gasteiger partial charge in [0.1, 0.15) is 5.82 Å². The fourth-order valence-electron chi connectivity index (χ4n) is 2.50. The van der Waals surface area contributed by atoms with E-state index in [2.05, 4.69) is 10.0 Å². The molecule has 2 N–H and O–H groups in total. The molecule has 0 aromatic heterocycles. The topological polar surface area (TPSA) is 75.3 Å². The molecule has 0 saturated heterocycles. The van der Waals surface area contributed by atoms with Crippen molar-refractivity contribution in [3.8, 4) is 0 Å². The number of thioether (sulfide) groups is 1. The van der Waals surface area contributed by atoms with Crippen LogP contribution in [0.1, 0.15) is 10.4 Å². The summed E-state index contributed by atoms with van der Waals surface area (Å²) < 4.78 is 40.4. The van der Waals surface area contributed by atoms with Gasteiger partial charge in [0.2, 0.25) is 0 Å². The molecule has 0 radical (unpaired) electrons. The molecule has 0 heterocycles. The molecule has 5 nitrogen and oxygen atoms in total. The molecule has 150 valence electrons. The van der Waals surface area contributed by atoms with Crippen molar-refractivity contribution >= 4 is 50.7 Å². The molecule has 9 heteroatoms. The Morgan fingerprint density at radius 2 is 1.69 bits per heavy atom. The predicted molar refractivity (Wildman–Crippen MR) is 115 cm³/mol. The number of rotatable bonds is 6. The Morgan fingerprint density at radius 3 is 2.38 bits per heavy atom. The number of halogens is 2. The third kappa shape index (κ3) is 5.09. The Kier molecular flexibility index (Phi) is 6.46. The summed E-state index contributed by atoms with van der Waals surface area (Å²) in [6, 6.07) is 16.0. The largest absolute Gasteiger partial charge is 0.321 e. The van der Waals surface area contributed by atoms with Gasteiger partial charge in [-0.2, -0.15) is 0 Å². The van der Waals surface area contributed by atoms with Gasteiger partial charge in [0.15, 0.2) is 0 Å². The fourth-order valence-corrected chi connectivity index (χ4v) is 4.35. The summed E-state index contributed by atoms with van der Waals surface area (Å²) in [5.74, 6) is -0.962. The predicted octanol–water partition coefficient (Wildman–Crippen LogP) is 5.25. The van der Waals surface area contributed by atoms with Gasteiger partial charge < -0.3 is 5.32 Å².